The van der Waals surface area contributed by atoms with Gasteiger partial charge in [-0.3, -0.25) is 9.80 Å². The Morgan fingerprint density at radius 1 is 1.53 bits per heavy atom. The Morgan fingerprint density at radius 3 is 2.80 bits per heavy atom. The summed E-state index contributed by atoms with van der Waals surface area (Å²) in [5.74, 6) is 0. The van der Waals surface area contributed by atoms with Crippen molar-refractivity contribution in [3.63, 3.8) is 0 Å². The van der Waals surface area contributed by atoms with Gasteiger partial charge < -0.3 is 5.11 Å². The third-order valence-electron chi connectivity index (χ3n) is 2.95. The molecule has 0 spiro atoms. The molecule has 1 saturated heterocycles. The second-order valence-corrected chi connectivity index (χ2v) is 4.30. The highest BCUT2D eigenvalue weighted by atomic mass is 16.3. The number of aliphatic hydroxyl groups excluding tert-OH is 1. The molecular formula is C11H21N3O. The van der Waals surface area contributed by atoms with Crippen LogP contribution in [0.5, 0.6) is 0 Å². The summed E-state index contributed by atoms with van der Waals surface area (Å²) >= 11 is 0. The van der Waals surface area contributed by atoms with Gasteiger partial charge in [0.1, 0.15) is 0 Å². The zero-order chi connectivity index (χ0) is 11.3. The first-order valence-electron chi connectivity index (χ1n) is 5.68. The highest BCUT2D eigenvalue weighted by molar-refractivity contribution is 4.86. The summed E-state index contributed by atoms with van der Waals surface area (Å²) in [5, 5.41) is 18.0. The van der Waals surface area contributed by atoms with Crippen LogP contribution >= 0.6 is 0 Å². The number of hydrogen-bond acceptors (Lipinski definition) is 4. The highest BCUT2D eigenvalue weighted by Gasteiger charge is 2.25. The molecule has 0 bridgehead atoms. The van der Waals surface area contributed by atoms with E-state index in [-0.39, 0.29) is 6.10 Å². The fourth-order valence-corrected chi connectivity index (χ4v) is 2.17. The number of nitriles is 1. The van der Waals surface area contributed by atoms with Crippen LogP contribution < -0.4 is 0 Å². The van der Waals surface area contributed by atoms with Crippen LogP contribution in [0.2, 0.25) is 0 Å². The molecule has 4 nitrogen and oxygen atoms in total. The number of nitrogens with zero attached hydrogens (tertiary/aromatic N) is 3. The first kappa shape index (κ1) is 12.4. The van der Waals surface area contributed by atoms with E-state index in [1.807, 2.05) is 6.92 Å². The second kappa shape index (κ2) is 6.06. The third-order valence-corrected chi connectivity index (χ3v) is 2.95. The average molecular weight is 211 g/mol. The molecule has 1 heterocycles. The zero-order valence-electron chi connectivity index (χ0n) is 9.69. The number of piperazine rings is 1. The molecule has 0 radical (unpaired) electrons. The van der Waals surface area contributed by atoms with Crippen molar-refractivity contribution < 1.29 is 5.11 Å². The standard InChI is InChI=1S/C11H21N3O/c1-3-11-9-13(5-4-12)6-7-14(11)8-10(2)15/h10-11,15H,3,5-9H2,1-2H3/t10-,11+/m0/s1. The Labute approximate surface area is 92.1 Å². The predicted octanol–water partition coefficient (Wildman–Crippen LogP) is 0.287. The van der Waals surface area contributed by atoms with Gasteiger partial charge in [-0.05, 0) is 13.3 Å². The monoisotopic (exact) mass is 211 g/mol. The molecule has 1 aliphatic rings. The number of aliphatic hydroxyl groups is 1. The van der Waals surface area contributed by atoms with Gasteiger partial charge in [0.15, 0.2) is 0 Å². The van der Waals surface area contributed by atoms with Crippen molar-refractivity contribution in [3.8, 4) is 6.07 Å². The minimum atomic E-state index is -0.262. The summed E-state index contributed by atoms with van der Waals surface area (Å²) in [7, 11) is 0. The third kappa shape index (κ3) is 3.78. The van der Waals surface area contributed by atoms with E-state index in [2.05, 4.69) is 22.8 Å². The highest BCUT2D eigenvalue weighted by Crippen LogP contribution is 2.12. The lowest BCUT2D eigenvalue weighted by Gasteiger charge is -2.40. The van der Waals surface area contributed by atoms with Crippen molar-refractivity contribution in [1.29, 1.82) is 5.26 Å². The topological polar surface area (TPSA) is 50.5 Å². The summed E-state index contributed by atoms with van der Waals surface area (Å²) in [5.41, 5.74) is 0. The lowest BCUT2D eigenvalue weighted by atomic mass is 10.1. The van der Waals surface area contributed by atoms with Crippen molar-refractivity contribution in [1.82, 2.24) is 9.80 Å². The van der Waals surface area contributed by atoms with Crippen LogP contribution in [0.15, 0.2) is 0 Å². The van der Waals surface area contributed by atoms with E-state index in [1.54, 1.807) is 0 Å². The normalized spacial score (nSPS) is 26.1. The van der Waals surface area contributed by atoms with Crippen molar-refractivity contribution in [2.75, 3.05) is 32.7 Å². The fourth-order valence-electron chi connectivity index (χ4n) is 2.17. The summed E-state index contributed by atoms with van der Waals surface area (Å²) < 4.78 is 0. The molecule has 0 unspecified atom stereocenters. The molecule has 2 atom stereocenters. The van der Waals surface area contributed by atoms with Crippen molar-refractivity contribution in [3.05, 3.63) is 0 Å². The molecule has 1 rings (SSSR count). The van der Waals surface area contributed by atoms with E-state index >= 15 is 0 Å². The van der Waals surface area contributed by atoms with E-state index in [1.165, 1.54) is 0 Å². The second-order valence-electron chi connectivity index (χ2n) is 4.30. The maximum absolute atomic E-state index is 9.38. The molecule has 0 amide bonds. The van der Waals surface area contributed by atoms with Crippen LogP contribution in [0.1, 0.15) is 20.3 Å². The smallest absolute Gasteiger partial charge is 0.0866 e. The first-order chi connectivity index (χ1) is 7.17. The Bertz CT molecular complexity index is 224. The van der Waals surface area contributed by atoms with Crippen molar-refractivity contribution >= 4 is 0 Å². The van der Waals surface area contributed by atoms with Gasteiger partial charge in [-0.25, -0.2) is 0 Å². The Hall–Kier alpha value is -0.630. The SMILES string of the molecule is CC[C@@H]1CN(CC#N)CCN1C[C@H](C)O. The lowest BCUT2D eigenvalue weighted by Crippen LogP contribution is -2.54. The molecule has 15 heavy (non-hydrogen) atoms. The fraction of sp³-hybridized carbons (Fsp3) is 0.909. The molecule has 0 aromatic rings. The largest absolute Gasteiger partial charge is 0.392 e. The van der Waals surface area contributed by atoms with E-state index in [9.17, 15) is 5.11 Å². The average Bonchev–Trinajstić information content (AvgIpc) is 2.20. The van der Waals surface area contributed by atoms with Gasteiger partial charge in [0, 0.05) is 32.2 Å². The maximum atomic E-state index is 9.38. The molecule has 0 saturated carbocycles. The molecule has 0 aromatic carbocycles. The molecule has 1 fully saturated rings. The number of β-amino-alcohol motifs (C(OH)–C–C–N with tert-alkyl or cyclic N) is 1. The molecule has 86 valence electrons. The van der Waals surface area contributed by atoms with Gasteiger partial charge in [0.25, 0.3) is 0 Å². The van der Waals surface area contributed by atoms with Crippen LogP contribution in [-0.2, 0) is 0 Å². The van der Waals surface area contributed by atoms with Gasteiger partial charge >= 0.3 is 0 Å². The van der Waals surface area contributed by atoms with Crippen molar-refractivity contribution in [2.45, 2.75) is 32.4 Å². The Morgan fingerprint density at radius 2 is 2.27 bits per heavy atom. The minimum absolute atomic E-state index is 0.262. The quantitative estimate of drug-likeness (QED) is 0.679. The zero-order valence-corrected chi connectivity index (χ0v) is 9.69. The van der Waals surface area contributed by atoms with E-state index in [0.29, 0.717) is 12.6 Å². The van der Waals surface area contributed by atoms with Gasteiger partial charge in [0.05, 0.1) is 18.7 Å². The molecule has 4 heteroatoms. The summed E-state index contributed by atoms with van der Waals surface area (Å²) in [6.45, 7) is 8.13. The van der Waals surface area contributed by atoms with Gasteiger partial charge in [-0.15, -0.1) is 0 Å². The summed E-state index contributed by atoms with van der Waals surface area (Å²) in [4.78, 5) is 4.52. The molecule has 0 aromatic heterocycles. The van der Waals surface area contributed by atoms with Gasteiger partial charge in [-0.1, -0.05) is 6.92 Å². The lowest BCUT2D eigenvalue weighted by molar-refractivity contribution is 0.0414. The number of hydrogen-bond donors (Lipinski definition) is 1. The minimum Gasteiger partial charge on any atom is -0.392 e. The van der Waals surface area contributed by atoms with Gasteiger partial charge in [-0.2, -0.15) is 5.26 Å². The van der Waals surface area contributed by atoms with Crippen LogP contribution in [0.4, 0.5) is 0 Å². The summed E-state index contributed by atoms with van der Waals surface area (Å²) in [6.07, 6.45) is 0.816. The van der Waals surface area contributed by atoms with E-state index in [4.69, 9.17) is 5.26 Å². The van der Waals surface area contributed by atoms with Crippen LogP contribution in [0.3, 0.4) is 0 Å². The number of rotatable bonds is 4. The Kier molecular flexibility index (Phi) is 5.03. The van der Waals surface area contributed by atoms with E-state index in [0.717, 1.165) is 32.6 Å². The maximum Gasteiger partial charge on any atom is 0.0866 e. The molecule has 0 aliphatic carbocycles. The van der Waals surface area contributed by atoms with Crippen LogP contribution in [0.25, 0.3) is 0 Å². The Balaban J connectivity index is 2.46. The predicted molar refractivity (Wildman–Crippen MR) is 59.4 cm³/mol. The molecule has 1 aliphatic heterocycles. The van der Waals surface area contributed by atoms with Gasteiger partial charge in [0.2, 0.25) is 0 Å². The van der Waals surface area contributed by atoms with Crippen LogP contribution in [0, 0.1) is 11.3 Å². The van der Waals surface area contributed by atoms with E-state index < -0.39 is 0 Å². The summed E-state index contributed by atoms with van der Waals surface area (Å²) in [6, 6.07) is 2.68. The molecular weight excluding hydrogens is 190 g/mol. The van der Waals surface area contributed by atoms with Crippen LogP contribution in [-0.4, -0.2) is 59.8 Å². The first-order valence-corrected chi connectivity index (χ1v) is 5.68. The van der Waals surface area contributed by atoms with Crippen molar-refractivity contribution in [2.24, 2.45) is 0 Å². The molecule has 1 N–H and O–H groups in total.